The van der Waals surface area contributed by atoms with E-state index in [0.717, 1.165) is 50.5 Å². The summed E-state index contributed by atoms with van der Waals surface area (Å²) < 4.78 is 14.3. The quantitative estimate of drug-likeness (QED) is 0.0168. The molecule has 4 N–H and O–H groups in total. The van der Waals surface area contributed by atoms with Gasteiger partial charge in [0.2, 0.25) is 5.78 Å². The molecule has 11 heteroatoms. The summed E-state index contributed by atoms with van der Waals surface area (Å²) in [5.41, 5.74) is 1.35. The van der Waals surface area contributed by atoms with Gasteiger partial charge in [-0.1, -0.05) is 145 Å². The fourth-order valence-electron chi connectivity index (χ4n) is 7.24. The molecule has 5 unspecified atom stereocenters. The van der Waals surface area contributed by atoms with Crippen LogP contribution in [-0.4, -0.2) is 88.7 Å². The summed E-state index contributed by atoms with van der Waals surface area (Å²) >= 11 is 0. The van der Waals surface area contributed by atoms with E-state index in [9.17, 15) is 39.6 Å². The second-order valence-electron chi connectivity index (χ2n) is 16.8. The summed E-state index contributed by atoms with van der Waals surface area (Å²) in [4.78, 5) is 45.1. The third kappa shape index (κ3) is 34.6. The molecule has 1 aliphatic rings. The lowest BCUT2D eigenvalue weighted by Gasteiger charge is -2.18. The Labute approximate surface area is 391 Å². The van der Waals surface area contributed by atoms with E-state index in [1.807, 2.05) is 36.4 Å². The molecule has 0 fully saturated rings. The zero-order chi connectivity index (χ0) is 48.5. The average Bonchev–Trinajstić information content (AvgIpc) is 3.28. The SMILES string of the molecule is C#CCCCCCCCCCCCC(O)CC(O)COC(C)=O.C=CC(C1=CC(=O)C(OC)=CC1=O)c1ccccc1.C=CCCCCCCCCCCCC(O)CC(O)COC(C)=O. The van der Waals surface area contributed by atoms with Gasteiger partial charge in [-0.2, -0.15) is 0 Å². The summed E-state index contributed by atoms with van der Waals surface area (Å²) in [6.07, 6.45) is 34.8. The number of hydrogen-bond acceptors (Lipinski definition) is 11. The third-order valence-electron chi connectivity index (χ3n) is 10.9. The number of ketones is 2. The summed E-state index contributed by atoms with van der Waals surface area (Å²) in [7, 11) is 1.37. The van der Waals surface area contributed by atoms with Crippen LogP contribution in [0, 0.1) is 12.3 Å². The second-order valence-corrected chi connectivity index (χ2v) is 16.8. The van der Waals surface area contributed by atoms with Gasteiger partial charge >= 0.3 is 11.9 Å². The molecule has 5 atom stereocenters. The Kier molecular flexibility index (Phi) is 38.4. The molecular weight excluding hydrogens is 825 g/mol. The van der Waals surface area contributed by atoms with Crippen molar-refractivity contribution in [3.05, 3.63) is 84.7 Å². The molecule has 0 aliphatic heterocycles. The number of esters is 2. The molecule has 11 nitrogen and oxygen atoms in total. The van der Waals surface area contributed by atoms with E-state index in [-0.39, 0.29) is 49.3 Å². The van der Waals surface area contributed by atoms with Gasteiger partial charge in [-0.3, -0.25) is 19.2 Å². The van der Waals surface area contributed by atoms with E-state index in [4.69, 9.17) is 20.6 Å². The highest BCUT2D eigenvalue weighted by Gasteiger charge is 2.26. The standard InChI is InChI=1S/C19H36O4.C19H34O4.C16H14O3/c2*1-3-4-5-6-7-8-9-10-11-12-13-14-18(21)15-19(22)16-23-17(2)20;1-3-12(11-7-5-4-6-8-11)13-9-15(18)16(19-2)10-14(13)17/h3,18-19,21-22H,1,4-16H2,2H3;1,18-19,21-22H,4-16H2,2H3;3-10,12H,1H2,2H3. The molecule has 366 valence electrons. The molecule has 65 heavy (non-hydrogen) atoms. The molecule has 0 saturated heterocycles. The summed E-state index contributed by atoms with van der Waals surface area (Å²) in [5.74, 6) is 1.14. The molecule has 0 bridgehead atoms. The number of aliphatic hydroxyl groups is 4. The monoisotopic (exact) mass is 909 g/mol. The van der Waals surface area contributed by atoms with Crippen molar-refractivity contribution in [2.75, 3.05) is 20.3 Å². The lowest BCUT2D eigenvalue weighted by atomic mass is 9.85. The number of allylic oxidation sites excluding steroid dienone is 5. The Balaban J connectivity index is 0.000000949. The number of terminal acetylenes is 1. The molecule has 0 spiro atoms. The molecule has 1 aromatic carbocycles. The number of hydrogen-bond donors (Lipinski definition) is 4. The molecule has 0 radical (unpaired) electrons. The van der Waals surface area contributed by atoms with Crippen LogP contribution < -0.4 is 0 Å². The van der Waals surface area contributed by atoms with E-state index in [1.54, 1.807) is 6.08 Å². The van der Waals surface area contributed by atoms with Crippen LogP contribution >= 0.6 is 0 Å². The van der Waals surface area contributed by atoms with Crippen LogP contribution in [0.25, 0.3) is 0 Å². The highest BCUT2D eigenvalue weighted by Crippen LogP contribution is 2.29. The molecule has 1 aliphatic carbocycles. The number of carbonyl (C=O) groups excluding carboxylic acids is 4. The van der Waals surface area contributed by atoms with Crippen molar-refractivity contribution in [1.29, 1.82) is 0 Å². The van der Waals surface area contributed by atoms with E-state index in [1.165, 1.54) is 117 Å². The highest BCUT2D eigenvalue weighted by atomic mass is 16.5. The first-order valence-electron chi connectivity index (χ1n) is 24.1. The smallest absolute Gasteiger partial charge is 0.302 e. The Morgan fingerprint density at radius 3 is 1.46 bits per heavy atom. The topological polar surface area (TPSA) is 177 Å². The minimum atomic E-state index is -0.775. The summed E-state index contributed by atoms with van der Waals surface area (Å²) in [6, 6.07) is 9.48. The molecule has 0 saturated carbocycles. The Morgan fingerprint density at radius 1 is 0.631 bits per heavy atom. The van der Waals surface area contributed by atoms with Gasteiger partial charge in [0.15, 0.2) is 11.5 Å². The summed E-state index contributed by atoms with van der Waals surface area (Å²) in [5, 5.41) is 38.8. The van der Waals surface area contributed by atoms with Gasteiger partial charge in [-0.25, -0.2) is 0 Å². The molecule has 0 heterocycles. The van der Waals surface area contributed by atoms with Gasteiger partial charge < -0.3 is 34.6 Å². The maximum Gasteiger partial charge on any atom is 0.302 e. The first-order chi connectivity index (χ1) is 31.3. The molecular formula is C54H84O11. The van der Waals surface area contributed by atoms with Crippen molar-refractivity contribution in [2.45, 2.75) is 198 Å². The second kappa shape index (κ2) is 41.1. The van der Waals surface area contributed by atoms with Crippen molar-refractivity contribution in [3.63, 3.8) is 0 Å². The maximum absolute atomic E-state index is 12.1. The van der Waals surface area contributed by atoms with Crippen LogP contribution in [0.1, 0.15) is 179 Å². The minimum absolute atomic E-state index is 0.0286. The zero-order valence-electron chi connectivity index (χ0n) is 40.1. The highest BCUT2D eigenvalue weighted by molar-refractivity contribution is 6.19. The van der Waals surface area contributed by atoms with Crippen LogP contribution in [0.15, 0.2) is 79.1 Å². The van der Waals surface area contributed by atoms with Gasteiger partial charge in [0.25, 0.3) is 0 Å². The van der Waals surface area contributed by atoms with E-state index in [0.29, 0.717) is 18.4 Å². The molecule has 0 aromatic heterocycles. The predicted molar refractivity (Wildman–Crippen MR) is 260 cm³/mol. The van der Waals surface area contributed by atoms with E-state index in [2.05, 4.69) is 19.1 Å². The van der Waals surface area contributed by atoms with Crippen molar-refractivity contribution >= 4 is 23.5 Å². The van der Waals surface area contributed by atoms with Gasteiger partial charge in [-0.05, 0) is 43.7 Å². The molecule has 0 amide bonds. The number of rotatable bonds is 35. The van der Waals surface area contributed by atoms with Crippen molar-refractivity contribution in [3.8, 4) is 12.3 Å². The molecule has 1 aromatic rings. The van der Waals surface area contributed by atoms with Crippen molar-refractivity contribution < 1.29 is 53.8 Å². The van der Waals surface area contributed by atoms with Crippen molar-refractivity contribution in [2.24, 2.45) is 0 Å². The summed E-state index contributed by atoms with van der Waals surface area (Å²) in [6.45, 7) is 10.0. The Hall–Kier alpha value is -4.34. The average molecular weight is 909 g/mol. The van der Waals surface area contributed by atoms with Crippen LogP contribution in [0.3, 0.4) is 0 Å². The normalized spacial score (nSPS) is 14.3. The van der Waals surface area contributed by atoms with Crippen LogP contribution in [0.5, 0.6) is 0 Å². The first kappa shape index (κ1) is 60.7. The van der Waals surface area contributed by atoms with Crippen molar-refractivity contribution in [1.82, 2.24) is 0 Å². The zero-order valence-corrected chi connectivity index (χ0v) is 40.1. The number of carbonyl (C=O) groups is 4. The first-order valence-corrected chi connectivity index (χ1v) is 24.1. The molecule has 2 rings (SSSR count). The van der Waals surface area contributed by atoms with E-state index >= 15 is 0 Å². The predicted octanol–water partition coefficient (Wildman–Crippen LogP) is 10.3. The number of benzene rings is 1. The van der Waals surface area contributed by atoms with Gasteiger partial charge in [-0.15, -0.1) is 25.5 Å². The van der Waals surface area contributed by atoms with Gasteiger partial charge in [0.1, 0.15) is 13.2 Å². The lowest BCUT2D eigenvalue weighted by Crippen LogP contribution is -2.23. The fourth-order valence-corrected chi connectivity index (χ4v) is 7.24. The number of aliphatic hydroxyl groups excluding tert-OH is 4. The lowest BCUT2D eigenvalue weighted by molar-refractivity contribution is -0.145. The van der Waals surface area contributed by atoms with E-state index < -0.39 is 36.4 Å². The largest absolute Gasteiger partial charge is 0.493 e. The van der Waals surface area contributed by atoms with Crippen LogP contribution in [0.4, 0.5) is 0 Å². The Morgan fingerprint density at radius 2 is 1.06 bits per heavy atom. The van der Waals surface area contributed by atoms with Gasteiger partial charge in [0, 0.05) is 50.7 Å². The van der Waals surface area contributed by atoms with Crippen LogP contribution in [-0.2, 0) is 33.4 Å². The van der Waals surface area contributed by atoms with Gasteiger partial charge in [0.05, 0.1) is 31.5 Å². The van der Waals surface area contributed by atoms with Crippen LogP contribution in [0.2, 0.25) is 0 Å². The number of methoxy groups -OCH3 is 1. The fraction of sp³-hybridized carbons (Fsp3) is 0.630. The number of unbranched alkanes of at least 4 members (excludes halogenated alkanes) is 18. The maximum atomic E-state index is 12.1. The third-order valence-corrected chi connectivity index (χ3v) is 10.9. The minimum Gasteiger partial charge on any atom is -0.493 e. The number of ether oxygens (including phenoxy) is 3. The Bertz CT molecular complexity index is 1540.